The summed E-state index contributed by atoms with van der Waals surface area (Å²) in [5.41, 5.74) is 1.29. The van der Waals surface area contributed by atoms with Crippen molar-refractivity contribution in [2.45, 2.75) is 31.5 Å². The Kier molecular flexibility index (Phi) is 3.61. The summed E-state index contributed by atoms with van der Waals surface area (Å²) in [5, 5.41) is 2.97. The van der Waals surface area contributed by atoms with Crippen molar-refractivity contribution in [3.05, 3.63) is 17.3 Å². The van der Waals surface area contributed by atoms with Crippen LogP contribution in [0.4, 0.5) is 5.82 Å². The highest BCUT2D eigenvalue weighted by molar-refractivity contribution is 9.08. The zero-order valence-electron chi connectivity index (χ0n) is 10.6. The van der Waals surface area contributed by atoms with Crippen molar-refractivity contribution in [3.8, 4) is 0 Å². The van der Waals surface area contributed by atoms with Gasteiger partial charge in [-0.05, 0) is 25.2 Å². The molecular weight excluding hydrogens is 310 g/mol. The molecule has 0 aliphatic carbocycles. The molecule has 98 valence electrons. The Morgan fingerprint density at radius 2 is 2.33 bits per heavy atom. The zero-order valence-corrected chi connectivity index (χ0v) is 13.0. The molecule has 1 aliphatic rings. The van der Waals surface area contributed by atoms with Gasteiger partial charge in [0.25, 0.3) is 0 Å². The second kappa shape index (κ2) is 5.21. The van der Waals surface area contributed by atoms with E-state index in [4.69, 9.17) is 4.98 Å². The van der Waals surface area contributed by atoms with E-state index in [1.807, 2.05) is 0 Å². The molecule has 18 heavy (non-hydrogen) atoms. The molecule has 0 N–H and O–H groups in total. The van der Waals surface area contributed by atoms with Crippen molar-refractivity contribution in [1.82, 2.24) is 9.38 Å². The molecule has 1 fully saturated rings. The molecule has 0 amide bonds. The monoisotopic (exact) mass is 327 g/mol. The van der Waals surface area contributed by atoms with E-state index in [2.05, 4.69) is 43.7 Å². The smallest absolute Gasteiger partial charge is 0.195 e. The van der Waals surface area contributed by atoms with E-state index in [-0.39, 0.29) is 0 Å². The lowest BCUT2D eigenvalue weighted by molar-refractivity contribution is 0.521. The van der Waals surface area contributed by atoms with Crippen LogP contribution >= 0.6 is 27.3 Å². The molecule has 0 bridgehead atoms. The quantitative estimate of drug-likeness (QED) is 0.779. The number of aromatic nitrogens is 2. The maximum atomic E-state index is 4.81. The molecule has 2 aromatic rings. The number of imidazole rings is 1. The summed E-state index contributed by atoms with van der Waals surface area (Å²) >= 11 is 5.32. The lowest BCUT2D eigenvalue weighted by Gasteiger charge is -2.21. The first-order chi connectivity index (χ1) is 8.79. The van der Waals surface area contributed by atoms with Crippen LogP contribution in [-0.2, 0) is 5.33 Å². The second-order valence-corrected chi connectivity index (χ2v) is 6.53. The Bertz CT molecular complexity index is 533. The van der Waals surface area contributed by atoms with Crippen LogP contribution in [0, 0.1) is 5.92 Å². The standard InChI is InChI=1S/C13H18BrN3S/c1-10-3-2-5-16(6-4-10)12-11(9-14)17-7-8-18-13(17)15-12/h7-8,10H,2-6,9H2,1H3. The Hall–Kier alpha value is -0.550. The zero-order chi connectivity index (χ0) is 12.5. The molecule has 0 aromatic carbocycles. The summed E-state index contributed by atoms with van der Waals surface area (Å²) in [6.07, 6.45) is 6.04. The molecule has 0 spiro atoms. The predicted octanol–water partition coefficient (Wildman–Crippen LogP) is 3.92. The van der Waals surface area contributed by atoms with Crippen molar-refractivity contribution in [1.29, 1.82) is 0 Å². The first kappa shape index (κ1) is 12.5. The van der Waals surface area contributed by atoms with Crippen molar-refractivity contribution in [3.63, 3.8) is 0 Å². The van der Waals surface area contributed by atoms with Gasteiger partial charge in [0.15, 0.2) is 10.8 Å². The molecular formula is C13H18BrN3S. The molecule has 1 aliphatic heterocycles. The van der Waals surface area contributed by atoms with Gasteiger partial charge in [0.2, 0.25) is 0 Å². The Morgan fingerprint density at radius 3 is 3.17 bits per heavy atom. The summed E-state index contributed by atoms with van der Waals surface area (Å²) in [4.78, 5) is 8.39. The number of fused-ring (bicyclic) bond motifs is 1. The van der Waals surface area contributed by atoms with Crippen LogP contribution in [0.5, 0.6) is 0 Å². The lowest BCUT2D eigenvalue weighted by atomic mass is 10.0. The Balaban J connectivity index is 1.94. The van der Waals surface area contributed by atoms with Crippen molar-refractivity contribution >= 4 is 38.0 Å². The minimum Gasteiger partial charge on any atom is -0.355 e. The highest BCUT2D eigenvalue weighted by Gasteiger charge is 2.20. The number of nitrogens with zero attached hydrogens (tertiary/aromatic N) is 3. The molecule has 0 saturated carbocycles. The number of anilines is 1. The molecule has 3 rings (SSSR count). The summed E-state index contributed by atoms with van der Waals surface area (Å²) in [7, 11) is 0. The summed E-state index contributed by atoms with van der Waals surface area (Å²) in [5.74, 6) is 2.04. The van der Waals surface area contributed by atoms with E-state index in [0.717, 1.165) is 29.3 Å². The van der Waals surface area contributed by atoms with Gasteiger partial charge in [-0.1, -0.05) is 22.9 Å². The van der Waals surface area contributed by atoms with E-state index in [9.17, 15) is 0 Å². The number of hydrogen-bond acceptors (Lipinski definition) is 3. The fraction of sp³-hybridized carbons (Fsp3) is 0.615. The van der Waals surface area contributed by atoms with Gasteiger partial charge < -0.3 is 4.90 Å². The van der Waals surface area contributed by atoms with Gasteiger partial charge in [-0.2, -0.15) is 0 Å². The number of hydrogen-bond donors (Lipinski definition) is 0. The molecule has 1 saturated heterocycles. The normalized spacial score (nSPS) is 21.4. The topological polar surface area (TPSA) is 20.5 Å². The van der Waals surface area contributed by atoms with Gasteiger partial charge in [0, 0.05) is 30.0 Å². The third-order valence-electron chi connectivity index (χ3n) is 3.78. The SMILES string of the molecule is CC1CCCN(c2nc3sccn3c2CBr)CC1. The third kappa shape index (κ3) is 2.18. The highest BCUT2D eigenvalue weighted by Crippen LogP contribution is 2.29. The Labute approximate surface area is 120 Å². The average Bonchev–Trinajstić information content (AvgIpc) is 2.86. The van der Waals surface area contributed by atoms with Gasteiger partial charge in [-0.25, -0.2) is 4.98 Å². The minimum atomic E-state index is 0.853. The number of halogens is 1. The lowest BCUT2D eigenvalue weighted by Crippen LogP contribution is -2.25. The first-order valence-corrected chi connectivity index (χ1v) is 8.55. The van der Waals surface area contributed by atoms with Gasteiger partial charge >= 0.3 is 0 Å². The first-order valence-electron chi connectivity index (χ1n) is 6.55. The van der Waals surface area contributed by atoms with E-state index in [1.54, 1.807) is 11.3 Å². The Morgan fingerprint density at radius 1 is 1.44 bits per heavy atom. The largest absolute Gasteiger partial charge is 0.355 e. The average molecular weight is 328 g/mol. The maximum Gasteiger partial charge on any atom is 0.195 e. The van der Waals surface area contributed by atoms with E-state index in [1.165, 1.54) is 30.8 Å². The fourth-order valence-corrected chi connectivity index (χ4v) is 3.92. The van der Waals surface area contributed by atoms with Gasteiger partial charge in [0.05, 0.1) is 5.69 Å². The predicted molar refractivity (Wildman–Crippen MR) is 80.9 cm³/mol. The minimum absolute atomic E-state index is 0.853. The van der Waals surface area contributed by atoms with Crippen LogP contribution < -0.4 is 4.90 Å². The molecule has 2 aromatic heterocycles. The van der Waals surface area contributed by atoms with Crippen LogP contribution in [0.15, 0.2) is 11.6 Å². The highest BCUT2D eigenvalue weighted by atomic mass is 79.9. The van der Waals surface area contributed by atoms with Crippen LogP contribution in [0.3, 0.4) is 0 Å². The summed E-state index contributed by atoms with van der Waals surface area (Å²) in [6, 6.07) is 0. The summed E-state index contributed by atoms with van der Waals surface area (Å²) in [6.45, 7) is 4.65. The van der Waals surface area contributed by atoms with Gasteiger partial charge in [-0.15, -0.1) is 11.3 Å². The molecule has 1 atom stereocenters. The van der Waals surface area contributed by atoms with E-state index < -0.39 is 0 Å². The van der Waals surface area contributed by atoms with Crippen LogP contribution in [0.25, 0.3) is 4.96 Å². The van der Waals surface area contributed by atoms with E-state index >= 15 is 0 Å². The summed E-state index contributed by atoms with van der Waals surface area (Å²) < 4.78 is 2.21. The van der Waals surface area contributed by atoms with Crippen LogP contribution in [0.1, 0.15) is 31.9 Å². The van der Waals surface area contributed by atoms with Crippen molar-refractivity contribution in [2.75, 3.05) is 18.0 Å². The van der Waals surface area contributed by atoms with Crippen LogP contribution in [0.2, 0.25) is 0 Å². The molecule has 1 unspecified atom stereocenters. The van der Waals surface area contributed by atoms with Gasteiger partial charge in [-0.3, -0.25) is 4.40 Å². The maximum absolute atomic E-state index is 4.81. The third-order valence-corrected chi connectivity index (χ3v) is 5.07. The van der Waals surface area contributed by atoms with Crippen molar-refractivity contribution < 1.29 is 0 Å². The second-order valence-electron chi connectivity index (χ2n) is 5.09. The molecule has 3 nitrogen and oxygen atoms in total. The molecule has 3 heterocycles. The molecule has 5 heteroatoms. The van der Waals surface area contributed by atoms with Crippen molar-refractivity contribution in [2.24, 2.45) is 5.92 Å². The van der Waals surface area contributed by atoms with Crippen LogP contribution in [-0.4, -0.2) is 22.5 Å². The molecule has 0 radical (unpaired) electrons. The number of alkyl halides is 1. The fourth-order valence-electron chi connectivity index (χ4n) is 2.67. The number of thiazole rings is 1. The number of rotatable bonds is 2. The van der Waals surface area contributed by atoms with Gasteiger partial charge in [0.1, 0.15) is 0 Å². The van der Waals surface area contributed by atoms with E-state index in [0.29, 0.717) is 0 Å².